The highest BCUT2D eigenvalue weighted by molar-refractivity contribution is 5.39. The molecule has 0 aliphatic carbocycles. The van der Waals surface area contributed by atoms with Crippen LogP contribution < -0.4 is 10.2 Å². The SMILES string of the molecule is CCNCc1cccc(N(C)Cc2ccccc2)n1. The molecular weight excluding hydrogens is 234 g/mol. The van der Waals surface area contributed by atoms with Gasteiger partial charge < -0.3 is 10.2 Å². The number of hydrogen-bond acceptors (Lipinski definition) is 3. The predicted molar refractivity (Wildman–Crippen MR) is 80.2 cm³/mol. The van der Waals surface area contributed by atoms with Gasteiger partial charge in [0, 0.05) is 20.1 Å². The molecule has 2 aromatic rings. The minimum Gasteiger partial charge on any atom is -0.355 e. The van der Waals surface area contributed by atoms with Crippen LogP contribution in [0.1, 0.15) is 18.2 Å². The Labute approximate surface area is 115 Å². The topological polar surface area (TPSA) is 28.2 Å². The third kappa shape index (κ3) is 4.07. The number of aromatic nitrogens is 1. The molecule has 1 N–H and O–H groups in total. The quantitative estimate of drug-likeness (QED) is 0.860. The monoisotopic (exact) mass is 255 g/mol. The zero-order valence-corrected chi connectivity index (χ0v) is 11.6. The fourth-order valence-electron chi connectivity index (χ4n) is 1.97. The van der Waals surface area contributed by atoms with E-state index in [9.17, 15) is 0 Å². The van der Waals surface area contributed by atoms with Crippen LogP contribution in [0.3, 0.4) is 0 Å². The lowest BCUT2D eigenvalue weighted by atomic mass is 10.2. The number of pyridine rings is 1. The molecule has 1 aromatic carbocycles. The minimum atomic E-state index is 0.823. The maximum absolute atomic E-state index is 4.67. The highest BCUT2D eigenvalue weighted by Crippen LogP contribution is 2.13. The summed E-state index contributed by atoms with van der Waals surface area (Å²) in [5.74, 6) is 1.01. The van der Waals surface area contributed by atoms with Crippen molar-refractivity contribution in [2.24, 2.45) is 0 Å². The van der Waals surface area contributed by atoms with Gasteiger partial charge in [-0.1, -0.05) is 43.3 Å². The number of nitrogens with zero attached hydrogens (tertiary/aromatic N) is 2. The van der Waals surface area contributed by atoms with Gasteiger partial charge in [-0.2, -0.15) is 0 Å². The molecule has 0 spiro atoms. The third-order valence-corrected chi connectivity index (χ3v) is 3.00. The van der Waals surface area contributed by atoms with Crippen molar-refractivity contribution < 1.29 is 0 Å². The summed E-state index contributed by atoms with van der Waals surface area (Å²) in [6, 6.07) is 16.6. The fraction of sp³-hybridized carbons (Fsp3) is 0.312. The lowest BCUT2D eigenvalue weighted by Gasteiger charge is -2.19. The van der Waals surface area contributed by atoms with Crippen LogP contribution >= 0.6 is 0 Å². The van der Waals surface area contributed by atoms with E-state index in [1.807, 2.05) is 6.07 Å². The van der Waals surface area contributed by atoms with E-state index in [0.717, 1.165) is 31.1 Å². The molecule has 0 atom stereocenters. The molecule has 100 valence electrons. The van der Waals surface area contributed by atoms with Crippen LogP contribution in [-0.2, 0) is 13.1 Å². The number of anilines is 1. The van der Waals surface area contributed by atoms with Crippen LogP contribution in [0.4, 0.5) is 5.82 Å². The van der Waals surface area contributed by atoms with E-state index in [2.05, 4.69) is 71.6 Å². The van der Waals surface area contributed by atoms with Gasteiger partial charge in [0.1, 0.15) is 5.82 Å². The average molecular weight is 255 g/mol. The largest absolute Gasteiger partial charge is 0.355 e. The summed E-state index contributed by atoms with van der Waals surface area (Å²) in [5, 5.41) is 3.30. The molecule has 0 saturated heterocycles. The molecule has 1 aromatic heterocycles. The first kappa shape index (κ1) is 13.6. The number of hydrogen-bond donors (Lipinski definition) is 1. The number of rotatable bonds is 6. The van der Waals surface area contributed by atoms with Crippen molar-refractivity contribution in [3.05, 3.63) is 59.8 Å². The van der Waals surface area contributed by atoms with E-state index in [0.29, 0.717) is 0 Å². The van der Waals surface area contributed by atoms with Gasteiger partial charge >= 0.3 is 0 Å². The van der Waals surface area contributed by atoms with Gasteiger partial charge in [0.15, 0.2) is 0 Å². The third-order valence-electron chi connectivity index (χ3n) is 3.00. The summed E-state index contributed by atoms with van der Waals surface area (Å²) >= 11 is 0. The maximum Gasteiger partial charge on any atom is 0.128 e. The van der Waals surface area contributed by atoms with Crippen molar-refractivity contribution in [2.45, 2.75) is 20.0 Å². The van der Waals surface area contributed by atoms with Gasteiger partial charge in [-0.3, -0.25) is 0 Å². The minimum absolute atomic E-state index is 0.823. The molecule has 0 aliphatic heterocycles. The second-order valence-corrected chi connectivity index (χ2v) is 4.61. The van der Waals surface area contributed by atoms with E-state index >= 15 is 0 Å². The highest BCUT2D eigenvalue weighted by Gasteiger charge is 2.04. The lowest BCUT2D eigenvalue weighted by molar-refractivity contribution is 0.708. The molecule has 0 saturated carbocycles. The predicted octanol–water partition coefficient (Wildman–Crippen LogP) is 2.83. The number of benzene rings is 1. The van der Waals surface area contributed by atoms with Crippen LogP contribution in [0.2, 0.25) is 0 Å². The smallest absolute Gasteiger partial charge is 0.128 e. The van der Waals surface area contributed by atoms with Crippen molar-refractivity contribution in [3.8, 4) is 0 Å². The summed E-state index contributed by atoms with van der Waals surface area (Å²) in [5.41, 5.74) is 2.38. The second-order valence-electron chi connectivity index (χ2n) is 4.61. The average Bonchev–Trinajstić information content (AvgIpc) is 2.46. The summed E-state index contributed by atoms with van der Waals surface area (Å²) in [7, 11) is 2.08. The molecule has 0 unspecified atom stereocenters. The van der Waals surface area contributed by atoms with Gasteiger partial charge in [0.05, 0.1) is 5.69 Å². The summed E-state index contributed by atoms with van der Waals surface area (Å²) < 4.78 is 0. The molecule has 0 aliphatic rings. The Hall–Kier alpha value is -1.87. The Balaban J connectivity index is 2.04. The summed E-state index contributed by atoms with van der Waals surface area (Å²) in [4.78, 5) is 6.84. The number of nitrogens with one attached hydrogen (secondary N) is 1. The van der Waals surface area contributed by atoms with Crippen LogP contribution in [0, 0.1) is 0 Å². The molecule has 0 fully saturated rings. The van der Waals surface area contributed by atoms with E-state index in [4.69, 9.17) is 0 Å². The zero-order chi connectivity index (χ0) is 13.5. The van der Waals surface area contributed by atoms with E-state index in [-0.39, 0.29) is 0 Å². The lowest BCUT2D eigenvalue weighted by Crippen LogP contribution is -2.19. The van der Waals surface area contributed by atoms with Crippen LogP contribution in [0.5, 0.6) is 0 Å². The Morgan fingerprint density at radius 2 is 1.84 bits per heavy atom. The zero-order valence-electron chi connectivity index (χ0n) is 11.6. The molecule has 19 heavy (non-hydrogen) atoms. The molecule has 2 rings (SSSR count). The standard InChI is InChI=1S/C16H21N3/c1-3-17-12-15-10-7-11-16(18-15)19(2)13-14-8-5-4-6-9-14/h4-11,17H,3,12-13H2,1-2H3. The Bertz CT molecular complexity index is 496. The van der Waals surface area contributed by atoms with Crippen molar-refractivity contribution >= 4 is 5.82 Å². The van der Waals surface area contributed by atoms with Crippen molar-refractivity contribution in [3.63, 3.8) is 0 Å². The molecule has 3 heteroatoms. The summed E-state index contributed by atoms with van der Waals surface area (Å²) in [6.45, 7) is 4.76. The van der Waals surface area contributed by atoms with Crippen LogP contribution in [-0.4, -0.2) is 18.6 Å². The van der Waals surface area contributed by atoms with Crippen molar-refractivity contribution in [2.75, 3.05) is 18.5 Å². The molecule has 0 amide bonds. The van der Waals surface area contributed by atoms with Gasteiger partial charge in [0.25, 0.3) is 0 Å². The van der Waals surface area contributed by atoms with E-state index in [1.54, 1.807) is 0 Å². The Morgan fingerprint density at radius 3 is 2.58 bits per heavy atom. The molecule has 1 heterocycles. The van der Waals surface area contributed by atoms with Gasteiger partial charge in [-0.05, 0) is 24.2 Å². The van der Waals surface area contributed by atoms with E-state index < -0.39 is 0 Å². The Kier molecular flexibility index (Phi) is 4.93. The first-order valence-corrected chi connectivity index (χ1v) is 6.71. The van der Waals surface area contributed by atoms with Crippen molar-refractivity contribution in [1.29, 1.82) is 0 Å². The first-order chi connectivity index (χ1) is 9.29. The van der Waals surface area contributed by atoms with E-state index in [1.165, 1.54) is 5.56 Å². The molecule has 0 bridgehead atoms. The van der Waals surface area contributed by atoms with Crippen molar-refractivity contribution in [1.82, 2.24) is 10.3 Å². The van der Waals surface area contributed by atoms with Gasteiger partial charge in [0.2, 0.25) is 0 Å². The second kappa shape index (κ2) is 6.90. The normalized spacial score (nSPS) is 10.4. The molecular formula is C16H21N3. The fourth-order valence-corrected chi connectivity index (χ4v) is 1.97. The summed E-state index contributed by atoms with van der Waals surface area (Å²) in [6.07, 6.45) is 0. The van der Waals surface area contributed by atoms with Crippen LogP contribution in [0.25, 0.3) is 0 Å². The Morgan fingerprint density at radius 1 is 1.05 bits per heavy atom. The maximum atomic E-state index is 4.67. The van der Waals surface area contributed by atoms with Crippen LogP contribution in [0.15, 0.2) is 48.5 Å². The molecule has 0 radical (unpaired) electrons. The first-order valence-electron chi connectivity index (χ1n) is 6.71. The molecule has 3 nitrogen and oxygen atoms in total. The highest BCUT2D eigenvalue weighted by atomic mass is 15.2. The van der Waals surface area contributed by atoms with Gasteiger partial charge in [-0.15, -0.1) is 0 Å². The van der Waals surface area contributed by atoms with Gasteiger partial charge in [-0.25, -0.2) is 4.98 Å².